The lowest BCUT2D eigenvalue weighted by Crippen LogP contribution is -2.43. The van der Waals surface area contributed by atoms with Crippen molar-refractivity contribution in [3.05, 3.63) is 0 Å². The molecule has 1 amide bonds. The summed E-state index contributed by atoms with van der Waals surface area (Å²) in [7, 11) is 0. The molecule has 0 fully saturated rings. The Balaban J connectivity index is 3.60. The van der Waals surface area contributed by atoms with Crippen molar-refractivity contribution in [2.24, 2.45) is 11.8 Å². The lowest BCUT2D eigenvalue weighted by Gasteiger charge is -2.15. The van der Waals surface area contributed by atoms with Gasteiger partial charge in [0.05, 0.1) is 6.04 Å². The predicted molar refractivity (Wildman–Crippen MR) is 64.8 cm³/mol. The first kappa shape index (κ1) is 14.4. The molecule has 0 spiro atoms. The Morgan fingerprint density at radius 2 is 1.67 bits per heavy atom. The molecule has 0 aliphatic heterocycles. The largest absolute Gasteiger partial charge is 0.354 e. The van der Waals surface area contributed by atoms with Gasteiger partial charge in [-0.3, -0.25) is 4.79 Å². The summed E-state index contributed by atoms with van der Waals surface area (Å²) in [5, 5.41) is 6.14. The highest BCUT2D eigenvalue weighted by molar-refractivity contribution is 5.81. The van der Waals surface area contributed by atoms with Gasteiger partial charge in [0.15, 0.2) is 0 Å². The minimum atomic E-state index is -0.0810. The molecule has 1 unspecified atom stereocenters. The van der Waals surface area contributed by atoms with Crippen LogP contribution in [0.5, 0.6) is 0 Å². The highest BCUT2D eigenvalue weighted by atomic mass is 16.2. The van der Waals surface area contributed by atoms with Gasteiger partial charge in [-0.05, 0) is 31.7 Å². The number of amides is 1. The summed E-state index contributed by atoms with van der Waals surface area (Å²) in [5.41, 5.74) is 0. The van der Waals surface area contributed by atoms with E-state index in [0.717, 1.165) is 19.5 Å². The maximum atomic E-state index is 11.5. The summed E-state index contributed by atoms with van der Waals surface area (Å²) in [6.45, 7) is 12.1. The van der Waals surface area contributed by atoms with Gasteiger partial charge in [-0.25, -0.2) is 0 Å². The van der Waals surface area contributed by atoms with Crippen molar-refractivity contribution < 1.29 is 4.79 Å². The Hall–Kier alpha value is -0.570. The minimum absolute atomic E-state index is 0.0810. The van der Waals surface area contributed by atoms with Gasteiger partial charge in [-0.15, -0.1) is 0 Å². The summed E-state index contributed by atoms with van der Waals surface area (Å²) in [6, 6.07) is -0.0810. The first-order valence-corrected chi connectivity index (χ1v) is 5.94. The lowest BCUT2D eigenvalue weighted by atomic mass is 10.1. The first-order chi connectivity index (χ1) is 6.93. The molecule has 1 atom stereocenters. The van der Waals surface area contributed by atoms with Crippen LogP contribution in [0.1, 0.15) is 41.0 Å². The molecule has 0 heterocycles. The van der Waals surface area contributed by atoms with Crippen LogP contribution in [0.2, 0.25) is 0 Å². The predicted octanol–water partition coefficient (Wildman–Crippen LogP) is 1.78. The molecule has 90 valence electrons. The molecule has 0 aliphatic rings. The van der Waals surface area contributed by atoms with Crippen LogP contribution in [0.4, 0.5) is 0 Å². The first-order valence-electron chi connectivity index (χ1n) is 5.94. The number of hydrogen-bond donors (Lipinski definition) is 2. The zero-order valence-corrected chi connectivity index (χ0v) is 10.8. The molecule has 15 heavy (non-hydrogen) atoms. The third kappa shape index (κ3) is 8.43. The Bertz CT molecular complexity index is 178. The second-order valence-corrected chi connectivity index (χ2v) is 5.00. The van der Waals surface area contributed by atoms with Crippen molar-refractivity contribution in [2.75, 3.05) is 13.1 Å². The van der Waals surface area contributed by atoms with Crippen molar-refractivity contribution in [3.8, 4) is 0 Å². The fourth-order valence-corrected chi connectivity index (χ4v) is 1.14. The van der Waals surface area contributed by atoms with Gasteiger partial charge in [0, 0.05) is 6.54 Å². The van der Waals surface area contributed by atoms with Crippen LogP contribution in [0.15, 0.2) is 0 Å². The van der Waals surface area contributed by atoms with E-state index in [1.54, 1.807) is 0 Å². The SMILES string of the molecule is CC(C)CCNC(C)C(=O)NCC(C)C. The maximum absolute atomic E-state index is 11.5. The van der Waals surface area contributed by atoms with Crippen LogP contribution in [-0.4, -0.2) is 25.0 Å². The molecule has 0 aromatic carbocycles. The molecule has 0 bridgehead atoms. The molecular weight excluding hydrogens is 188 g/mol. The van der Waals surface area contributed by atoms with Gasteiger partial charge in [0.2, 0.25) is 5.91 Å². The average molecular weight is 214 g/mol. The van der Waals surface area contributed by atoms with Gasteiger partial charge in [-0.1, -0.05) is 27.7 Å². The Morgan fingerprint density at radius 1 is 1.07 bits per heavy atom. The standard InChI is InChI=1S/C12H26N2O/c1-9(2)6-7-13-11(5)12(15)14-8-10(3)4/h9-11,13H,6-8H2,1-5H3,(H,14,15). The van der Waals surface area contributed by atoms with Crippen molar-refractivity contribution in [1.29, 1.82) is 0 Å². The third-order valence-electron chi connectivity index (χ3n) is 2.25. The number of nitrogens with one attached hydrogen (secondary N) is 2. The molecule has 3 nitrogen and oxygen atoms in total. The second-order valence-electron chi connectivity index (χ2n) is 5.00. The van der Waals surface area contributed by atoms with Crippen LogP contribution in [0.3, 0.4) is 0 Å². The van der Waals surface area contributed by atoms with E-state index >= 15 is 0 Å². The van der Waals surface area contributed by atoms with E-state index in [-0.39, 0.29) is 11.9 Å². The van der Waals surface area contributed by atoms with Crippen LogP contribution in [-0.2, 0) is 4.79 Å². The molecule has 0 aromatic heterocycles. The second kappa shape index (κ2) is 7.69. The van der Waals surface area contributed by atoms with Gasteiger partial charge < -0.3 is 10.6 Å². The quantitative estimate of drug-likeness (QED) is 0.678. The Labute approximate surface area is 94.0 Å². The molecule has 3 heteroatoms. The zero-order valence-electron chi connectivity index (χ0n) is 10.8. The van der Waals surface area contributed by atoms with Crippen LogP contribution in [0, 0.1) is 11.8 Å². The van der Waals surface area contributed by atoms with Crippen LogP contribution < -0.4 is 10.6 Å². The van der Waals surface area contributed by atoms with Crippen molar-refractivity contribution in [2.45, 2.75) is 47.1 Å². The molecule has 0 aliphatic carbocycles. The number of rotatable bonds is 7. The average Bonchev–Trinajstić information content (AvgIpc) is 2.13. The van der Waals surface area contributed by atoms with Crippen molar-refractivity contribution in [3.63, 3.8) is 0 Å². The fourth-order valence-electron chi connectivity index (χ4n) is 1.14. The van der Waals surface area contributed by atoms with E-state index in [4.69, 9.17) is 0 Å². The van der Waals surface area contributed by atoms with Gasteiger partial charge >= 0.3 is 0 Å². The monoisotopic (exact) mass is 214 g/mol. The van der Waals surface area contributed by atoms with E-state index in [0.29, 0.717) is 11.8 Å². The fraction of sp³-hybridized carbons (Fsp3) is 0.917. The molecule has 0 saturated heterocycles. The summed E-state index contributed by atoms with van der Waals surface area (Å²) in [6.07, 6.45) is 1.11. The smallest absolute Gasteiger partial charge is 0.236 e. The van der Waals surface area contributed by atoms with E-state index in [9.17, 15) is 4.79 Å². The van der Waals surface area contributed by atoms with E-state index in [1.807, 2.05) is 6.92 Å². The van der Waals surface area contributed by atoms with Crippen molar-refractivity contribution in [1.82, 2.24) is 10.6 Å². The van der Waals surface area contributed by atoms with Crippen LogP contribution >= 0.6 is 0 Å². The molecule has 0 saturated carbocycles. The topological polar surface area (TPSA) is 41.1 Å². The van der Waals surface area contributed by atoms with Gasteiger partial charge in [0.25, 0.3) is 0 Å². The summed E-state index contributed by atoms with van der Waals surface area (Å²) in [5.74, 6) is 1.30. The Morgan fingerprint density at radius 3 is 2.13 bits per heavy atom. The van der Waals surface area contributed by atoms with E-state index in [1.165, 1.54) is 0 Å². The number of hydrogen-bond acceptors (Lipinski definition) is 2. The van der Waals surface area contributed by atoms with Crippen LogP contribution in [0.25, 0.3) is 0 Å². The Kier molecular flexibility index (Phi) is 7.39. The van der Waals surface area contributed by atoms with Gasteiger partial charge in [0.1, 0.15) is 0 Å². The summed E-state index contributed by atoms with van der Waals surface area (Å²) in [4.78, 5) is 11.5. The molecule has 0 radical (unpaired) electrons. The minimum Gasteiger partial charge on any atom is -0.354 e. The molecule has 0 rings (SSSR count). The highest BCUT2D eigenvalue weighted by Crippen LogP contribution is 1.97. The molecule has 2 N–H and O–H groups in total. The van der Waals surface area contributed by atoms with Gasteiger partial charge in [-0.2, -0.15) is 0 Å². The molecule has 0 aromatic rings. The molecular formula is C12H26N2O. The summed E-state index contributed by atoms with van der Waals surface area (Å²) < 4.78 is 0. The highest BCUT2D eigenvalue weighted by Gasteiger charge is 2.11. The lowest BCUT2D eigenvalue weighted by molar-refractivity contribution is -0.122. The zero-order chi connectivity index (χ0) is 11.8. The van der Waals surface area contributed by atoms with E-state index in [2.05, 4.69) is 38.3 Å². The third-order valence-corrected chi connectivity index (χ3v) is 2.25. The normalized spacial score (nSPS) is 13.3. The number of carbonyl (C=O) groups excluding carboxylic acids is 1. The maximum Gasteiger partial charge on any atom is 0.236 e. The van der Waals surface area contributed by atoms with E-state index < -0.39 is 0 Å². The summed E-state index contributed by atoms with van der Waals surface area (Å²) >= 11 is 0. The van der Waals surface area contributed by atoms with Crippen molar-refractivity contribution >= 4 is 5.91 Å². The number of carbonyl (C=O) groups is 1.